The van der Waals surface area contributed by atoms with Gasteiger partial charge in [-0.1, -0.05) is 0 Å². The van der Waals surface area contributed by atoms with E-state index in [2.05, 4.69) is 15.1 Å². The van der Waals surface area contributed by atoms with Crippen LogP contribution in [0.2, 0.25) is 0 Å². The van der Waals surface area contributed by atoms with Crippen molar-refractivity contribution in [1.29, 1.82) is 0 Å². The van der Waals surface area contributed by atoms with Gasteiger partial charge in [0.1, 0.15) is 12.1 Å². The highest BCUT2D eigenvalue weighted by Crippen LogP contribution is 2.30. The Balaban J connectivity index is 1.60. The minimum absolute atomic E-state index is 0.122. The fourth-order valence-corrected chi connectivity index (χ4v) is 3.50. The molecular weight excluding hydrogens is 346 g/mol. The molecule has 3 unspecified atom stereocenters. The van der Waals surface area contributed by atoms with Crippen molar-refractivity contribution in [3.63, 3.8) is 0 Å². The molecule has 0 saturated carbocycles. The molecule has 0 aromatic rings. The second-order valence-corrected chi connectivity index (χ2v) is 6.96. The van der Waals surface area contributed by atoms with Crippen molar-refractivity contribution in [1.82, 2.24) is 20.8 Å². The monoisotopic (exact) mass is 365 g/mol. The molecule has 0 spiro atoms. The number of carbonyl (C=O) groups excluding carboxylic acids is 2. The van der Waals surface area contributed by atoms with Crippen LogP contribution in [0.5, 0.6) is 0 Å². The molecule has 0 radical (unpaired) electrons. The molecule has 3 rings (SSSR count). The zero-order valence-electron chi connectivity index (χ0n) is 12.6. The van der Waals surface area contributed by atoms with E-state index in [4.69, 9.17) is 15.1 Å². The number of hydroxylamine groups is 3. The molecule has 13 heteroatoms. The normalized spacial score (nSPS) is 33.2. The summed E-state index contributed by atoms with van der Waals surface area (Å²) in [5, 5.41) is 3.60. The minimum Gasteiger partial charge on any atom is -0.324 e. The first kappa shape index (κ1) is 17.3. The molecule has 3 aliphatic rings. The molecule has 5 N–H and O–H groups in total. The predicted octanol–water partition coefficient (Wildman–Crippen LogP) is -2.66. The second kappa shape index (κ2) is 6.42. The minimum atomic E-state index is -4.81. The van der Waals surface area contributed by atoms with Crippen molar-refractivity contribution >= 4 is 22.3 Å². The van der Waals surface area contributed by atoms with Crippen LogP contribution >= 0.6 is 0 Å². The summed E-state index contributed by atoms with van der Waals surface area (Å²) in [6.07, 6.45) is 0.297. The van der Waals surface area contributed by atoms with Crippen molar-refractivity contribution in [2.45, 2.75) is 37.1 Å². The standard InChI is InChI=1S/C11H19N5O7S/c12-7-3-13-4-9(7)22-14-10(17)8-2-1-6-5-15(8)11(18)16(6)23-24(19,20)21/h6-9,13H,1-5,12H2,(H,14,17)(H,19,20,21)/t6?,7?,8-,9?/m0/s1. The Kier molecular flexibility index (Phi) is 4.63. The van der Waals surface area contributed by atoms with Crippen LogP contribution in [0, 0.1) is 0 Å². The van der Waals surface area contributed by atoms with Gasteiger partial charge in [-0.2, -0.15) is 13.5 Å². The van der Waals surface area contributed by atoms with Crippen molar-refractivity contribution in [3.05, 3.63) is 0 Å². The molecule has 0 aromatic carbocycles. The molecule has 136 valence electrons. The molecule has 3 saturated heterocycles. The molecule has 0 aromatic heterocycles. The number of piperidine rings is 1. The number of urea groups is 1. The number of nitrogens with one attached hydrogen (secondary N) is 2. The van der Waals surface area contributed by atoms with E-state index in [1.807, 2.05) is 0 Å². The highest BCUT2D eigenvalue weighted by Gasteiger charge is 2.49. The number of rotatable bonds is 5. The van der Waals surface area contributed by atoms with Crippen molar-refractivity contribution in [2.24, 2.45) is 5.73 Å². The lowest BCUT2D eigenvalue weighted by Gasteiger charge is -2.29. The molecule has 2 bridgehead atoms. The fourth-order valence-electron chi connectivity index (χ4n) is 3.11. The number of nitrogens with zero attached hydrogens (tertiary/aromatic N) is 2. The summed E-state index contributed by atoms with van der Waals surface area (Å²) in [7, 11) is -4.81. The Labute approximate surface area is 138 Å². The van der Waals surface area contributed by atoms with Gasteiger partial charge in [-0.15, -0.1) is 4.28 Å². The van der Waals surface area contributed by atoms with E-state index in [0.29, 0.717) is 31.0 Å². The van der Waals surface area contributed by atoms with Gasteiger partial charge in [-0.25, -0.2) is 10.3 Å². The summed E-state index contributed by atoms with van der Waals surface area (Å²) < 4.78 is 34.7. The lowest BCUT2D eigenvalue weighted by atomic mass is 10.0. The SMILES string of the molecule is NC1CNCC1ONC(=O)[C@@H]1CCC2CN1C(=O)N2OS(=O)(=O)O. The summed E-state index contributed by atoms with van der Waals surface area (Å²) in [5.41, 5.74) is 8.11. The third-order valence-corrected chi connectivity index (χ3v) is 4.66. The summed E-state index contributed by atoms with van der Waals surface area (Å²) in [4.78, 5) is 30.9. The van der Waals surface area contributed by atoms with Crippen molar-refractivity contribution in [3.8, 4) is 0 Å². The number of fused-ring (bicyclic) bond motifs is 2. The molecule has 3 fully saturated rings. The molecule has 0 aliphatic carbocycles. The fraction of sp³-hybridized carbons (Fsp3) is 0.818. The maximum Gasteiger partial charge on any atom is 0.418 e. The number of nitrogens with two attached hydrogens (primary N) is 1. The van der Waals surface area contributed by atoms with E-state index in [9.17, 15) is 18.0 Å². The Bertz CT molecular complexity index is 628. The Morgan fingerprint density at radius 3 is 2.75 bits per heavy atom. The lowest BCUT2D eigenvalue weighted by molar-refractivity contribution is -0.143. The summed E-state index contributed by atoms with van der Waals surface area (Å²) in [6.45, 7) is 1.21. The van der Waals surface area contributed by atoms with Crippen LogP contribution in [-0.2, 0) is 24.3 Å². The summed E-state index contributed by atoms with van der Waals surface area (Å²) in [6, 6.07) is -2.39. The van der Waals surface area contributed by atoms with Gasteiger partial charge in [0, 0.05) is 25.7 Å². The zero-order valence-corrected chi connectivity index (χ0v) is 13.4. The van der Waals surface area contributed by atoms with Gasteiger partial charge in [-0.3, -0.25) is 14.2 Å². The third kappa shape index (κ3) is 3.45. The zero-order chi connectivity index (χ0) is 17.5. The van der Waals surface area contributed by atoms with Crippen LogP contribution < -0.4 is 16.5 Å². The predicted molar refractivity (Wildman–Crippen MR) is 77.2 cm³/mol. The Morgan fingerprint density at radius 1 is 1.38 bits per heavy atom. The molecular formula is C11H19N5O7S. The van der Waals surface area contributed by atoms with E-state index >= 15 is 0 Å². The number of hydrogen-bond acceptors (Lipinski definition) is 8. The van der Waals surface area contributed by atoms with Crippen LogP contribution in [-0.4, -0.2) is 78.7 Å². The highest BCUT2D eigenvalue weighted by atomic mass is 32.3. The first-order valence-corrected chi connectivity index (χ1v) is 8.81. The molecule has 3 amide bonds. The van der Waals surface area contributed by atoms with Crippen molar-refractivity contribution < 1.29 is 31.7 Å². The smallest absolute Gasteiger partial charge is 0.324 e. The van der Waals surface area contributed by atoms with E-state index in [-0.39, 0.29) is 18.7 Å². The first-order valence-electron chi connectivity index (χ1n) is 7.45. The van der Waals surface area contributed by atoms with E-state index in [1.54, 1.807) is 0 Å². The van der Waals surface area contributed by atoms with Gasteiger partial charge < -0.3 is 16.0 Å². The molecule has 3 aliphatic heterocycles. The van der Waals surface area contributed by atoms with Crippen molar-refractivity contribution in [2.75, 3.05) is 19.6 Å². The number of carbonyl (C=O) groups is 2. The van der Waals surface area contributed by atoms with Crippen LogP contribution in [0.25, 0.3) is 0 Å². The third-order valence-electron chi connectivity index (χ3n) is 4.31. The van der Waals surface area contributed by atoms with Gasteiger partial charge in [0.15, 0.2) is 0 Å². The highest BCUT2D eigenvalue weighted by molar-refractivity contribution is 7.80. The van der Waals surface area contributed by atoms with Crippen LogP contribution in [0.1, 0.15) is 12.8 Å². The molecule has 4 atom stereocenters. The summed E-state index contributed by atoms with van der Waals surface area (Å²) in [5.74, 6) is -0.519. The van der Waals surface area contributed by atoms with Gasteiger partial charge in [-0.05, 0) is 12.8 Å². The van der Waals surface area contributed by atoms with Crippen LogP contribution in [0.4, 0.5) is 4.79 Å². The quantitative estimate of drug-likeness (QED) is 0.300. The Hall–Kier alpha value is -1.51. The van der Waals surface area contributed by atoms with Gasteiger partial charge in [0.2, 0.25) is 0 Å². The lowest BCUT2D eigenvalue weighted by Crippen LogP contribution is -2.51. The van der Waals surface area contributed by atoms with E-state index < -0.39 is 34.4 Å². The molecule has 24 heavy (non-hydrogen) atoms. The maximum atomic E-state index is 12.3. The second-order valence-electron chi connectivity index (χ2n) is 5.95. The van der Waals surface area contributed by atoms with E-state index in [0.717, 1.165) is 0 Å². The largest absolute Gasteiger partial charge is 0.418 e. The average Bonchev–Trinajstić information content (AvgIpc) is 3.01. The maximum absolute atomic E-state index is 12.3. The van der Waals surface area contributed by atoms with Crippen LogP contribution in [0.3, 0.4) is 0 Å². The molecule has 12 nitrogen and oxygen atoms in total. The first-order chi connectivity index (χ1) is 11.3. The average molecular weight is 365 g/mol. The van der Waals surface area contributed by atoms with Gasteiger partial charge >= 0.3 is 16.4 Å². The van der Waals surface area contributed by atoms with E-state index in [1.165, 1.54) is 4.90 Å². The Morgan fingerprint density at radius 2 is 2.12 bits per heavy atom. The number of amides is 3. The summed E-state index contributed by atoms with van der Waals surface area (Å²) >= 11 is 0. The van der Waals surface area contributed by atoms with Gasteiger partial charge in [0.25, 0.3) is 5.91 Å². The number of hydrogen-bond donors (Lipinski definition) is 4. The molecule has 3 heterocycles. The topological polar surface area (TPSA) is 164 Å². The van der Waals surface area contributed by atoms with Gasteiger partial charge in [0.05, 0.1) is 6.04 Å². The van der Waals surface area contributed by atoms with Crippen LogP contribution in [0.15, 0.2) is 0 Å².